The molecule has 2 aliphatic heterocycles. The van der Waals surface area contributed by atoms with Gasteiger partial charge in [0.1, 0.15) is 0 Å². The molecule has 0 spiro atoms. The summed E-state index contributed by atoms with van der Waals surface area (Å²) in [6.07, 6.45) is 1.35. The maximum absolute atomic E-state index is 12.6. The number of aromatic carboxylic acids is 1. The summed E-state index contributed by atoms with van der Waals surface area (Å²) in [5, 5.41) is 10.3. The van der Waals surface area contributed by atoms with Gasteiger partial charge in [-0.15, -0.1) is 0 Å². The molecule has 0 fully saturated rings. The lowest BCUT2D eigenvalue weighted by molar-refractivity contribution is -0.128. The predicted molar refractivity (Wildman–Crippen MR) is 163 cm³/mol. The zero-order valence-corrected chi connectivity index (χ0v) is 25.3. The number of carboxylic acid groups (broad SMARTS) is 1. The molecule has 42 heavy (non-hydrogen) atoms. The van der Waals surface area contributed by atoms with E-state index in [9.17, 15) is 14.7 Å². The van der Waals surface area contributed by atoms with Gasteiger partial charge in [0.2, 0.25) is 0 Å². The number of aromatic amines is 2. The first-order chi connectivity index (χ1) is 20.1. The summed E-state index contributed by atoms with van der Waals surface area (Å²) in [7, 11) is 1.69. The van der Waals surface area contributed by atoms with Crippen molar-refractivity contribution in [2.45, 2.75) is 72.8 Å². The van der Waals surface area contributed by atoms with Crippen molar-refractivity contribution in [1.29, 1.82) is 0 Å². The Kier molecular flexibility index (Phi) is 8.06. The van der Waals surface area contributed by atoms with Gasteiger partial charge in [0.15, 0.2) is 0 Å². The van der Waals surface area contributed by atoms with E-state index in [0.717, 1.165) is 68.1 Å². The average molecular weight is 571 g/mol. The average Bonchev–Trinajstić information content (AvgIpc) is 3.63. The normalized spacial score (nSPS) is 16.6. The molecule has 0 amide bonds. The van der Waals surface area contributed by atoms with Crippen LogP contribution in [0.3, 0.4) is 0 Å². The SMILES string of the molecule is CCC1=C(C)c2cc3[nH]c(cc4nc(c(C)c5[nH]c(cc1n2)c(C)c5C(=O)O)[C@@H](CCOC=O)[C@@H]4C)c(C)c3COC. The van der Waals surface area contributed by atoms with Crippen LogP contribution in [0.1, 0.15) is 101 Å². The van der Waals surface area contributed by atoms with E-state index in [1.165, 1.54) is 0 Å². The van der Waals surface area contributed by atoms with Gasteiger partial charge in [0.05, 0.1) is 35.7 Å². The van der Waals surface area contributed by atoms with Gasteiger partial charge in [-0.2, -0.15) is 0 Å². The topological polar surface area (TPSA) is 130 Å². The van der Waals surface area contributed by atoms with Crippen LogP contribution in [0.2, 0.25) is 0 Å². The number of ether oxygens (including phenoxy) is 2. The molecule has 2 aliphatic rings. The van der Waals surface area contributed by atoms with Crippen molar-refractivity contribution in [3.8, 4) is 0 Å². The fourth-order valence-electron chi connectivity index (χ4n) is 6.39. The molecular weight excluding hydrogens is 532 g/mol. The molecule has 8 bridgehead atoms. The summed E-state index contributed by atoms with van der Waals surface area (Å²) in [5.74, 6) is -1.07. The molecule has 0 radical (unpaired) electrons. The van der Waals surface area contributed by atoms with Crippen LogP contribution in [0.25, 0.3) is 33.2 Å². The predicted octanol–water partition coefficient (Wildman–Crippen LogP) is 6.88. The van der Waals surface area contributed by atoms with Gasteiger partial charge >= 0.3 is 5.97 Å². The molecule has 220 valence electrons. The van der Waals surface area contributed by atoms with Crippen LogP contribution in [-0.2, 0) is 20.9 Å². The number of fused-ring (bicyclic) bond motifs is 8. The standard InChI is InChI=1S/C33H38N4O5/c1-8-21-16(2)25-12-29-23(14-41-7)18(4)24(35-29)11-26-17(3)22(9-10-42-15-38)31(36-26)20(6)32-30(33(39)40)19(5)27(37-32)13-28(21)34-25/h11-13,15,17,22,35,37H,8-10,14H2,1-7H3,(H,39,40)/t17-,22-/m0/s1. The molecular formula is C33H38N4O5. The van der Waals surface area contributed by atoms with Crippen molar-refractivity contribution in [3.05, 3.63) is 68.8 Å². The summed E-state index contributed by atoms with van der Waals surface area (Å²) >= 11 is 0. The molecule has 3 aromatic heterocycles. The Morgan fingerprint density at radius 1 is 1.00 bits per heavy atom. The van der Waals surface area contributed by atoms with Gasteiger partial charge in [-0.1, -0.05) is 13.8 Å². The third-order valence-electron chi connectivity index (χ3n) is 8.88. The maximum Gasteiger partial charge on any atom is 0.338 e. The highest BCUT2D eigenvalue weighted by Gasteiger charge is 2.31. The Morgan fingerprint density at radius 3 is 2.38 bits per heavy atom. The van der Waals surface area contributed by atoms with Crippen LogP contribution < -0.4 is 0 Å². The zero-order valence-electron chi connectivity index (χ0n) is 25.3. The highest BCUT2D eigenvalue weighted by Crippen LogP contribution is 2.42. The fourth-order valence-corrected chi connectivity index (χ4v) is 6.39. The Bertz CT molecular complexity index is 1780. The molecule has 0 aliphatic carbocycles. The van der Waals surface area contributed by atoms with Gasteiger partial charge in [-0.3, -0.25) is 9.78 Å². The van der Waals surface area contributed by atoms with E-state index in [2.05, 4.69) is 49.8 Å². The lowest BCUT2D eigenvalue weighted by Crippen LogP contribution is -2.08. The third-order valence-corrected chi connectivity index (χ3v) is 8.88. The number of H-pyrrole nitrogens is 2. The van der Waals surface area contributed by atoms with E-state index in [0.29, 0.717) is 36.1 Å². The number of hydrogen-bond donors (Lipinski definition) is 3. The van der Waals surface area contributed by atoms with E-state index in [4.69, 9.17) is 19.4 Å². The molecule has 3 aromatic rings. The van der Waals surface area contributed by atoms with Gasteiger partial charge < -0.3 is 24.5 Å². The molecule has 9 heteroatoms. The zero-order chi connectivity index (χ0) is 30.3. The minimum Gasteiger partial charge on any atom is -0.478 e. The molecule has 0 saturated heterocycles. The van der Waals surface area contributed by atoms with Crippen LogP contribution in [0.15, 0.2) is 18.2 Å². The Morgan fingerprint density at radius 2 is 1.71 bits per heavy atom. The molecule has 2 atom stereocenters. The number of methoxy groups -OCH3 is 1. The molecule has 0 unspecified atom stereocenters. The summed E-state index contributed by atoms with van der Waals surface area (Å²) in [6.45, 7) is 13.2. The molecule has 0 aromatic carbocycles. The third kappa shape index (κ3) is 4.91. The maximum atomic E-state index is 12.6. The number of allylic oxidation sites excluding steroid dienone is 2. The van der Waals surface area contributed by atoms with E-state index >= 15 is 0 Å². The van der Waals surface area contributed by atoms with Gasteiger partial charge in [0, 0.05) is 52.4 Å². The smallest absolute Gasteiger partial charge is 0.338 e. The van der Waals surface area contributed by atoms with Crippen LogP contribution in [0.4, 0.5) is 0 Å². The minimum absolute atomic E-state index is 0.00509. The van der Waals surface area contributed by atoms with Crippen LogP contribution >= 0.6 is 0 Å². The summed E-state index contributed by atoms with van der Waals surface area (Å²) in [4.78, 5) is 40.7. The second kappa shape index (κ2) is 11.6. The number of carboxylic acids is 1. The van der Waals surface area contributed by atoms with Crippen molar-refractivity contribution >= 4 is 45.7 Å². The van der Waals surface area contributed by atoms with Gasteiger partial charge in [-0.05, 0) is 86.6 Å². The highest BCUT2D eigenvalue weighted by molar-refractivity contribution is 6.02. The molecule has 5 heterocycles. The Hall–Kier alpha value is -4.24. The van der Waals surface area contributed by atoms with Crippen LogP contribution in [-0.4, -0.2) is 51.2 Å². The summed E-state index contributed by atoms with van der Waals surface area (Å²) < 4.78 is 10.7. The first kappa shape index (κ1) is 29.3. The number of carbonyl (C=O) groups is 2. The van der Waals surface area contributed by atoms with Crippen LogP contribution in [0.5, 0.6) is 0 Å². The van der Waals surface area contributed by atoms with E-state index in [1.807, 2.05) is 19.9 Å². The summed E-state index contributed by atoms with van der Waals surface area (Å²) in [6, 6.07) is 6.09. The van der Waals surface area contributed by atoms with Crippen molar-refractivity contribution in [2.24, 2.45) is 0 Å². The van der Waals surface area contributed by atoms with E-state index in [1.54, 1.807) is 7.11 Å². The summed E-state index contributed by atoms with van der Waals surface area (Å²) in [5.41, 5.74) is 12.4. The Balaban J connectivity index is 1.96. The second-order valence-electron chi connectivity index (χ2n) is 11.2. The van der Waals surface area contributed by atoms with Crippen molar-refractivity contribution in [2.75, 3.05) is 13.7 Å². The van der Waals surface area contributed by atoms with Crippen molar-refractivity contribution in [1.82, 2.24) is 19.9 Å². The van der Waals surface area contributed by atoms with Crippen LogP contribution in [0, 0.1) is 20.8 Å². The molecule has 9 nitrogen and oxygen atoms in total. The number of nitrogens with one attached hydrogen (secondary N) is 2. The van der Waals surface area contributed by atoms with Crippen molar-refractivity contribution in [3.63, 3.8) is 0 Å². The first-order valence-corrected chi connectivity index (χ1v) is 14.3. The number of rotatable bonds is 8. The van der Waals surface area contributed by atoms with E-state index in [-0.39, 0.29) is 24.0 Å². The van der Waals surface area contributed by atoms with E-state index < -0.39 is 5.97 Å². The van der Waals surface area contributed by atoms with Crippen molar-refractivity contribution < 1.29 is 24.2 Å². The van der Waals surface area contributed by atoms with Gasteiger partial charge in [-0.25, -0.2) is 9.78 Å². The number of aryl methyl sites for hydroxylation is 3. The van der Waals surface area contributed by atoms with Gasteiger partial charge in [0.25, 0.3) is 6.47 Å². The highest BCUT2D eigenvalue weighted by atomic mass is 16.5. The number of aromatic nitrogens is 4. The monoisotopic (exact) mass is 570 g/mol. The second-order valence-corrected chi connectivity index (χ2v) is 11.2. The first-order valence-electron chi connectivity index (χ1n) is 14.3. The lowest BCUT2D eigenvalue weighted by atomic mass is 9.87. The molecule has 3 N–H and O–H groups in total. The Labute approximate surface area is 245 Å². The number of carbonyl (C=O) groups excluding carboxylic acids is 1. The largest absolute Gasteiger partial charge is 0.478 e. The minimum atomic E-state index is -1.00. The molecule has 5 rings (SSSR count). The quantitative estimate of drug-likeness (QED) is 0.199. The fraction of sp³-hybridized carbons (Fsp3) is 0.394. The number of hydrogen-bond acceptors (Lipinski definition) is 6. The molecule has 0 saturated carbocycles. The number of nitrogens with zero attached hydrogens (tertiary/aromatic N) is 2. The lowest BCUT2D eigenvalue weighted by Gasteiger charge is -2.16.